The molecule has 0 N–H and O–H groups in total. The van der Waals surface area contributed by atoms with Crippen LogP contribution in [0, 0.1) is 0 Å². The highest BCUT2D eigenvalue weighted by Crippen LogP contribution is 2.64. The van der Waals surface area contributed by atoms with E-state index >= 15 is 0 Å². The Morgan fingerprint density at radius 2 is 0.519 bits per heavy atom. The average molecular weight is 982 g/mol. The first-order valence-electron chi connectivity index (χ1n) is 26.6. The van der Waals surface area contributed by atoms with Gasteiger partial charge in [-0.05, 0) is 151 Å². The van der Waals surface area contributed by atoms with Crippen molar-refractivity contribution in [3.63, 3.8) is 0 Å². The van der Waals surface area contributed by atoms with Crippen LogP contribution in [-0.4, -0.2) is 0 Å². The van der Waals surface area contributed by atoms with Crippen molar-refractivity contribution in [3.05, 3.63) is 330 Å². The Kier molecular flexibility index (Phi) is 9.47. The minimum Gasteiger partial charge on any atom is -0.457 e. The molecule has 0 unspecified atom stereocenters. The molecule has 16 rings (SSSR count). The molecule has 2 aliphatic carbocycles. The zero-order valence-corrected chi connectivity index (χ0v) is 41.9. The van der Waals surface area contributed by atoms with Crippen LogP contribution < -0.4 is 14.4 Å². The van der Waals surface area contributed by atoms with E-state index in [0.29, 0.717) is 0 Å². The summed E-state index contributed by atoms with van der Waals surface area (Å²) in [4.78, 5) is 2.37. The van der Waals surface area contributed by atoms with Crippen LogP contribution in [0.2, 0.25) is 0 Å². The molecule has 0 bridgehead atoms. The molecule has 0 atom stereocenters. The number of para-hydroxylation sites is 4. The van der Waals surface area contributed by atoms with Crippen LogP contribution in [0.5, 0.6) is 23.0 Å². The van der Waals surface area contributed by atoms with E-state index in [-0.39, 0.29) is 0 Å². The van der Waals surface area contributed by atoms with Crippen LogP contribution in [-0.2, 0) is 10.8 Å². The molecule has 0 radical (unpaired) electrons. The summed E-state index contributed by atoms with van der Waals surface area (Å²) in [5.74, 6) is 3.60. The van der Waals surface area contributed by atoms with Gasteiger partial charge in [0.1, 0.15) is 23.0 Å². The molecule has 77 heavy (non-hydrogen) atoms. The summed E-state index contributed by atoms with van der Waals surface area (Å²) in [6.45, 7) is 0. The smallest absolute Gasteiger partial charge is 0.132 e. The van der Waals surface area contributed by atoms with Crippen molar-refractivity contribution in [2.45, 2.75) is 10.8 Å². The molecular weight excluding hydrogens is 935 g/mol. The highest BCUT2D eigenvalue weighted by atomic mass is 16.5. The molecule has 2 spiro atoms. The molecule has 3 heteroatoms. The molecule has 3 nitrogen and oxygen atoms in total. The van der Waals surface area contributed by atoms with Crippen molar-refractivity contribution >= 4 is 17.1 Å². The van der Waals surface area contributed by atoms with Crippen molar-refractivity contribution in [3.8, 4) is 78.6 Å². The van der Waals surface area contributed by atoms with Crippen molar-refractivity contribution in [2.75, 3.05) is 4.90 Å². The quantitative estimate of drug-likeness (QED) is 0.166. The number of fused-ring (bicyclic) bond motifs is 18. The summed E-state index contributed by atoms with van der Waals surface area (Å²) in [6.07, 6.45) is 0. The second kappa shape index (κ2) is 16.8. The van der Waals surface area contributed by atoms with E-state index in [2.05, 4.69) is 290 Å². The number of ether oxygens (including phenoxy) is 2. The molecule has 0 saturated heterocycles. The van der Waals surface area contributed by atoms with E-state index in [9.17, 15) is 0 Å². The first kappa shape index (κ1) is 43.4. The molecular formula is C74H47NO2. The zero-order valence-electron chi connectivity index (χ0n) is 41.9. The Labute approximate surface area is 448 Å². The fourth-order valence-corrected chi connectivity index (χ4v) is 13.6. The van der Waals surface area contributed by atoms with E-state index in [0.717, 1.165) is 51.2 Å². The van der Waals surface area contributed by atoms with Crippen molar-refractivity contribution < 1.29 is 9.47 Å². The largest absolute Gasteiger partial charge is 0.457 e. The maximum atomic E-state index is 6.63. The molecule has 2 aliphatic heterocycles. The van der Waals surface area contributed by atoms with Gasteiger partial charge >= 0.3 is 0 Å². The monoisotopic (exact) mass is 981 g/mol. The number of benzene rings is 12. The maximum Gasteiger partial charge on any atom is 0.132 e. The van der Waals surface area contributed by atoms with Gasteiger partial charge in [-0.3, -0.25) is 0 Å². The number of rotatable bonds is 6. The molecule has 12 aromatic rings. The molecule has 12 aromatic carbocycles. The summed E-state index contributed by atoms with van der Waals surface area (Å²) < 4.78 is 13.2. The second-order valence-corrected chi connectivity index (χ2v) is 20.6. The van der Waals surface area contributed by atoms with Crippen molar-refractivity contribution in [2.24, 2.45) is 0 Å². The lowest BCUT2D eigenvalue weighted by atomic mass is 9.66. The predicted molar refractivity (Wildman–Crippen MR) is 312 cm³/mol. The molecule has 0 saturated carbocycles. The van der Waals surface area contributed by atoms with Gasteiger partial charge in [-0.25, -0.2) is 0 Å². The van der Waals surface area contributed by atoms with Crippen LogP contribution in [0.1, 0.15) is 44.5 Å². The standard InChI is InChI=1S/C74H47NO2/c1-2-16-48(17-3-1)49-30-38-54(39-31-49)75(55-40-32-50(33-41-55)52-37-45-63-60(46-52)58-19-5-7-21-62(58)73(63)64-22-8-12-26-69(64)76-70-27-13-9-23-65(70)73)56-42-34-51(35-43-56)53-36-44-59-57-18-4-6-20-61(57)74(68(59)47-53)66-24-10-14-28-71(66)77-72-29-15-11-25-67(72)74/h1-47H. The number of nitrogens with zero attached hydrogens (tertiary/aromatic N) is 1. The Morgan fingerprint density at radius 3 is 1.00 bits per heavy atom. The zero-order chi connectivity index (χ0) is 50.7. The fourth-order valence-electron chi connectivity index (χ4n) is 13.6. The first-order valence-corrected chi connectivity index (χ1v) is 26.6. The highest BCUT2D eigenvalue weighted by Gasteiger charge is 2.52. The van der Waals surface area contributed by atoms with Crippen LogP contribution in [0.15, 0.2) is 285 Å². The lowest BCUT2D eigenvalue weighted by molar-refractivity contribution is 0.436. The number of hydrogen-bond acceptors (Lipinski definition) is 3. The molecule has 2 heterocycles. The Hall–Kier alpha value is -9.96. The topological polar surface area (TPSA) is 21.7 Å². The van der Waals surface area contributed by atoms with Gasteiger partial charge < -0.3 is 14.4 Å². The molecule has 4 aliphatic rings. The summed E-state index contributed by atoms with van der Waals surface area (Å²) in [6, 6.07) is 104. The van der Waals surface area contributed by atoms with E-state index < -0.39 is 10.8 Å². The third kappa shape index (κ3) is 6.26. The van der Waals surface area contributed by atoms with Crippen molar-refractivity contribution in [1.29, 1.82) is 0 Å². The summed E-state index contributed by atoms with van der Waals surface area (Å²) in [7, 11) is 0. The summed E-state index contributed by atoms with van der Waals surface area (Å²) in [5.41, 5.74) is 24.0. The van der Waals surface area contributed by atoms with Gasteiger partial charge in [0, 0.05) is 39.3 Å². The van der Waals surface area contributed by atoms with E-state index in [1.165, 1.54) is 89.0 Å². The Balaban J connectivity index is 0.788. The number of anilines is 3. The van der Waals surface area contributed by atoms with Crippen LogP contribution in [0.3, 0.4) is 0 Å². The van der Waals surface area contributed by atoms with Gasteiger partial charge in [0.15, 0.2) is 0 Å². The van der Waals surface area contributed by atoms with Gasteiger partial charge in [0.25, 0.3) is 0 Å². The predicted octanol–water partition coefficient (Wildman–Crippen LogP) is 19.1. The normalized spacial score (nSPS) is 13.9. The Morgan fingerprint density at radius 1 is 0.208 bits per heavy atom. The van der Waals surface area contributed by atoms with E-state index in [1.54, 1.807) is 0 Å². The van der Waals surface area contributed by atoms with Gasteiger partial charge in [0.2, 0.25) is 0 Å². The van der Waals surface area contributed by atoms with Crippen LogP contribution in [0.4, 0.5) is 17.1 Å². The van der Waals surface area contributed by atoms with Gasteiger partial charge in [0.05, 0.1) is 10.8 Å². The lowest BCUT2D eigenvalue weighted by Gasteiger charge is -2.39. The third-order valence-corrected chi connectivity index (χ3v) is 16.8. The Bertz CT molecular complexity index is 4240. The molecule has 0 fully saturated rings. The third-order valence-electron chi connectivity index (χ3n) is 16.8. The minimum atomic E-state index is -0.530. The molecule has 360 valence electrons. The van der Waals surface area contributed by atoms with Crippen LogP contribution in [0.25, 0.3) is 55.6 Å². The average Bonchev–Trinajstić information content (AvgIpc) is 4.15. The lowest BCUT2D eigenvalue weighted by Crippen LogP contribution is -2.32. The van der Waals surface area contributed by atoms with E-state index in [1.807, 2.05) is 0 Å². The first-order chi connectivity index (χ1) is 38.2. The van der Waals surface area contributed by atoms with Crippen molar-refractivity contribution in [1.82, 2.24) is 0 Å². The van der Waals surface area contributed by atoms with Gasteiger partial charge in [-0.2, -0.15) is 0 Å². The second-order valence-electron chi connectivity index (χ2n) is 20.6. The molecule has 0 amide bonds. The van der Waals surface area contributed by atoms with Crippen LogP contribution >= 0.6 is 0 Å². The SMILES string of the molecule is c1ccc(-c2ccc(N(c3ccc(-c4ccc5c(c4)-c4ccccc4C54c5ccccc5Oc5ccccc54)cc3)c3ccc(-c4ccc5c(c4)C4(c6ccccc6Oc6ccccc64)c4ccccc4-5)cc3)cc2)cc1. The number of hydrogen-bond donors (Lipinski definition) is 0. The molecule has 0 aromatic heterocycles. The highest BCUT2D eigenvalue weighted by molar-refractivity contribution is 5.93. The maximum absolute atomic E-state index is 6.63. The fraction of sp³-hybridized carbons (Fsp3) is 0.0270. The van der Waals surface area contributed by atoms with E-state index in [4.69, 9.17) is 9.47 Å². The van der Waals surface area contributed by atoms with Gasteiger partial charge in [-0.1, -0.05) is 212 Å². The summed E-state index contributed by atoms with van der Waals surface area (Å²) in [5, 5.41) is 0. The minimum absolute atomic E-state index is 0.496. The summed E-state index contributed by atoms with van der Waals surface area (Å²) >= 11 is 0. The van der Waals surface area contributed by atoms with Gasteiger partial charge in [-0.15, -0.1) is 0 Å².